The van der Waals surface area contributed by atoms with Gasteiger partial charge in [0.05, 0.1) is 20.0 Å². The van der Waals surface area contributed by atoms with Gasteiger partial charge in [-0.3, -0.25) is 24.9 Å². The van der Waals surface area contributed by atoms with Crippen molar-refractivity contribution in [3.05, 3.63) is 88.5 Å². The van der Waals surface area contributed by atoms with E-state index < -0.39 is 20.9 Å². The van der Waals surface area contributed by atoms with Crippen molar-refractivity contribution in [1.29, 1.82) is 0 Å². The highest BCUT2D eigenvalue weighted by atomic mass is 32.2. The fourth-order valence-corrected chi connectivity index (χ4v) is 4.75. The van der Waals surface area contributed by atoms with Crippen LogP contribution in [0.5, 0.6) is 0 Å². The van der Waals surface area contributed by atoms with Crippen molar-refractivity contribution in [2.24, 2.45) is 0 Å². The van der Waals surface area contributed by atoms with Crippen LogP contribution in [-0.2, 0) is 10.0 Å². The number of hydrogen-bond acceptors (Lipinski definition) is 7. The molecule has 0 spiro atoms. The van der Waals surface area contributed by atoms with Crippen molar-refractivity contribution in [2.45, 2.75) is 4.90 Å². The summed E-state index contributed by atoms with van der Waals surface area (Å²) in [7, 11) is -3.79. The van der Waals surface area contributed by atoms with Gasteiger partial charge in [-0.05, 0) is 36.4 Å². The van der Waals surface area contributed by atoms with Gasteiger partial charge in [0.15, 0.2) is 5.13 Å². The molecule has 3 aromatic carbocycles. The normalized spacial score (nSPS) is 11.2. The van der Waals surface area contributed by atoms with E-state index >= 15 is 0 Å². The van der Waals surface area contributed by atoms with Crippen molar-refractivity contribution in [1.82, 2.24) is 4.98 Å². The summed E-state index contributed by atoms with van der Waals surface area (Å²) >= 11 is 1.10. The molecular weight excluding hydrogens is 440 g/mol. The first kappa shape index (κ1) is 20.4. The Balaban J connectivity index is 1.53. The summed E-state index contributed by atoms with van der Waals surface area (Å²) in [4.78, 5) is 27.4. The van der Waals surface area contributed by atoms with Gasteiger partial charge in [0.1, 0.15) is 0 Å². The lowest BCUT2D eigenvalue weighted by atomic mass is 10.2. The molecule has 2 N–H and O–H groups in total. The monoisotopic (exact) mass is 454 g/mol. The summed E-state index contributed by atoms with van der Waals surface area (Å²) in [5.41, 5.74) is 0.914. The number of thiazole rings is 1. The Hall–Kier alpha value is -3.83. The number of anilines is 2. The lowest BCUT2D eigenvalue weighted by Crippen LogP contribution is -2.15. The highest BCUT2D eigenvalue weighted by molar-refractivity contribution is 7.92. The maximum atomic E-state index is 12.6. The Labute approximate surface area is 180 Å². The quantitative estimate of drug-likeness (QED) is 0.331. The Morgan fingerprint density at radius 3 is 2.52 bits per heavy atom. The number of non-ortho nitro benzene ring substituents is 1. The minimum Gasteiger partial charge on any atom is -0.298 e. The lowest BCUT2D eigenvalue weighted by Gasteiger charge is -2.09. The molecule has 0 aliphatic carbocycles. The zero-order chi connectivity index (χ0) is 22.0. The lowest BCUT2D eigenvalue weighted by molar-refractivity contribution is -0.384. The molecule has 156 valence electrons. The van der Waals surface area contributed by atoms with E-state index in [0.717, 1.165) is 11.3 Å². The second-order valence-corrected chi connectivity index (χ2v) is 9.09. The van der Waals surface area contributed by atoms with Crippen LogP contribution < -0.4 is 10.0 Å². The molecule has 0 radical (unpaired) electrons. The fourth-order valence-electron chi connectivity index (χ4n) is 2.79. The summed E-state index contributed by atoms with van der Waals surface area (Å²) in [6.45, 7) is 0. The SMILES string of the molecule is O=C(Nc1nc2ccc([N+](=O)[O-])cc2s1)c1cccc(NS(=O)(=O)c2ccccc2)c1. The molecule has 11 heteroatoms. The number of nitro benzene ring substituents is 1. The third-order valence-corrected chi connectivity index (χ3v) is 6.56. The van der Waals surface area contributed by atoms with E-state index in [9.17, 15) is 23.3 Å². The van der Waals surface area contributed by atoms with E-state index in [4.69, 9.17) is 0 Å². The van der Waals surface area contributed by atoms with E-state index in [0.29, 0.717) is 10.2 Å². The highest BCUT2D eigenvalue weighted by Gasteiger charge is 2.16. The molecule has 4 rings (SSSR count). The maximum Gasteiger partial charge on any atom is 0.270 e. The number of carbonyl (C=O) groups is 1. The zero-order valence-electron chi connectivity index (χ0n) is 15.7. The molecule has 0 unspecified atom stereocenters. The molecule has 1 heterocycles. The van der Waals surface area contributed by atoms with E-state index in [1.54, 1.807) is 24.3 Å². The van der Waals surface area contributed by atoms with Crippen LogP contribution in [0.4, 0.5) is 16.5 Å². The predicted molar refractivity (Wildman–Crippen MR) is 118 cm³/mol. The van der Waals surface area contributed by atoms with Crippen molar-refractivity contribution >= 4 is 54.0 Å². The first-order valence-corrected chi connectivity index (χ1v) is 11.2. The molecule has 1 amide bonds. The van der Waals surface area contributed by atoms with Gasteiger partial charge in [0.2, 0.25) is 0 Å². The molecule has 4 aromatic rings. The number of nitrogens with one attached hydrogen (secondary N) is 2. The molecule has 0 aliphatic rings. The van der Waals surface area contributed by atoms with Crippen LogP contribution in [0, 0.1) is 10.1 Å². The van der Waals surface area contributed by atoms with Crippen LogP contribution in [0.2, 0.25) is 0 Å². The number of rotatable bonds is 6. The molecule has 0 bridgehead atoms. The molecule has 0 saturated heterocycles. The van der Waals surface area contributed by atoms with Gasteiger partial charge in [0.25, 0.3) is 21.6 Å². The predicted octanol–water partition coefficient (Wildman–Crippen LogP) is 4.26. The molecular formula is C20H14N4O5S2. The van der Waals surface area contributed by atoms with Crippen LogP contribution in [0.15, 0.2) is 77.7 Å². The van der Waals surface area contributed by atoms with E-state index in [-0.39, 0.29) is 27.0 Å². The van der Waals surface area contributed by atoms with Crippen LogP contribution in [-0.4, -0.2) is 24.2 Å². The summed E-state index contributed by atoms with van der Waals surface area (Å²) in [6, 6.07) is 18.2. The molecule has 0 saturated carbocycles. The fraction of sp³-hybridized carbons (Fsp3) is 0. The van der Waals surface area contributed by atoms with Crippen molar-refractivity contribution < 1.29 is 18.1 Å². The van der Waals surface area contributed by atoms with Crippen molar-refractivity contribution in [3.63, 3.8) is 0 Å². The third kappa shape index (κ3) is 4.52. The van der Waals surface area contributed by atoms with E-state index in [1.165, 1.54) is 48.5 Å². The third-order valence-electron chi connectivity index (χ3n) is 4.23. The van der Waals surface area contributed by atoms with E-state index in [2.05, 4.69) is 15.0 Å². The molecule has 1 aromatic heterocycles. The summed E-state index contributed by atoms with van der Waals surface area (Å²) in [5.74, 6) is -0.491. The second-order valence-electron chi connectivity index (χ2n) is 6.38. The van der Waals surface area contributed by atoms with Crippen LogP contribution in [0.3, 0.4) is 0 Å². The van der Waals surface area contributed by atoms with Gasteiger partial charge in [0, 0.05) is 23.4 Å². The van der Waals surface area contributed by atoms with E-state index in [1.807, 2.05) is 0 Å². The van der Waals surface area contributed by atoms with Gasteiger partial charge in [-0.15, -0.1) is 0 Å². The first-order chi connectivity index (χ1) is 14.8. The van der Waals surface area contributed by atoms with Crippen molar-refractivity contribution in [3.8, 4) is 0 Å². The molecule has 0 atom stereocenters. The maximum absolute atomic E-state index is 12.6. The van der Waals surface area contributed by atoms with Gasteiger partial charge in [-0.1, -0.05) is 35.6 Å². The van der Waals surface area contributed by atoms with Crippen molar-refractivity contribution in [2.75, 3.05) is 10.0 Å². The average Bonchev–Trinajstić information content (AvgIpc) is 3.15. The van der Waals surface area contributed by atoms with Gasteiger partial charge in [-0.25, -0.2) is 13.4 Å². The zero-order valence-corrected chi connectivity index (χ0v) is 17.3. The number of fused-ring (bicyclic) bond motifs is 1. The Kier molecular flexibility index (Phi) is 5.36. The minimum absolute atomic E-state index is 0.0626. The number of amides is 1. The molecule has 9 nitrogen and oxygen atoms in total. The minimum atomic E-state index is -3.79. The number of nitrogens with zero attached hydrogens (tertiary/aromatic N) is 2. The second kappa shape index (κ2) is 8.13. The summed E-state index contributed by atoms with van der Waals surface area (Å²) in [5, 5.41) is 13.8. The Bertz CT molecular complexity index is 1400. The number of hydrogen-bond donors (Lipinski definition) is 2. The standard InChI is InChI=1S/C20H14N4O5S2/c25-19(22-20-21-17-10-9-15(24(26)27)12-18(17)30-20)13-5-4-6-14(11-13)23-31(28,29)16-7-2-1-3-8-16/h1-12,23H,(H,21,22,25). The molecule has 0 fully saturated rings. The van der Waals surface area contributed by atoms with Crippen LogP contribution in [0.1, 0.15) is 10.4 Å². The topological polar surface area (TPSA) is 131 Å². The number of benzene rings is 3. The summed E-state index contributed by atoms with van der Waals surface area (Å²) < 4.78 is 28.0. The Morgan fingerprint density at radius 2 is 1.77 bits per heavy atom. The number of sulfonamides is 1. The molecule has 0 aliphatic heterocycles. The van der Waals surface area contributed by atoms with Gasteiger partial charge >= 0.3 is 0 Å². The summed E-state index contributed by atoms with van der Waals surface area (Å²) in [6.07, 6.45) is 0. The highest BCUT2D eigenvalue weighted by Crippen LogP contribution is 2.29. The largest absolute Gasteiger partial charge is 0.298 e. The van der Waals surface area contributed by atoms with Gasteiger partial charge in [-0.2, -0.15) is 0 Å². The molecule has 31 heavy (non-hydrogen) atoms. The first-order valence-electron chi connectivity index (χ1n) is 8.86. The van der Waals surface area contributed by atoms with Gasteiger partial charge < -0.3 is 0 Å². The number of carbonyl (C=O) groups excluding carboxylic acids is 1. The van der Waals surface area contributed by atoms with Crippen LogP contribution >= 0.6 is 11.3 Å². The number of nitro groups is 1. The average molecular weight is 454 g/mol. The smallest absolute Gasteiger partial charge is 0.270 e. The number of aromatic nitrogens is 1. The Morgan fingerprint density at radius 1 is 1.00 bits per heavy atom. The van der Waals surface area contributed by atoms with Crippen LogP contribution in [0.25, 0.3) is 10.2 Å².